The third-order valence-corrected chi connectivity index (χ3v) is 1.81. The third kappa shape index (κ3) is 1.75. The van der Waals surface area contributed by atoms with Gasteiger partial charge in [-0.2, -0.15) is 0 Å². The maximum Gasteiger partial charge on any atom is 0.265 e. The van der Waals surface area contributed by atoms with E-state index in [0.717, 1.165) is 6.20 Å². The molecule has 0 aromatic carbocycles. The summed E-state index contributed by atoms with van der Waals surface area (Å²) < 4.78 is 24.5. The molecule has 0 atom stereocenters. The quantitative estimate of drug-likeness (QED) is 0.741. The molecule has 0 fully saturated rings. The minimum atomic E-state index is -2.66. The Morgan fingerprint density at radius 2 is 2.15 bits per heavy atom. The molecule has 0 aliphatic carbocycles. The van der Waals surface area contributed by atoms with Gasteiger partial charge in [-0.15, -0.1) is 0 Å². The summed E-state index contributed by atoms with van der Waals surface area (Å²) in [4.78, 5) is 3.50. The third-order valence-electron chi connectivity index (χ3n) is 1.81. The first kappa shape index (κ1) is 9.85. The predicted molar refractivity (Wildman–Crippen MR) is 41.5 cm³/mol. The van der Waals surface area contributed by atoms with Crippen LogP contribution >= 0.6 is 0 Å². The topological polar surface area (TPSA) is 53.4 Å². The highest BCUT2D eigenvalue weighted by atomic mass is 19.3. The lowest BCUT2D eigenvalue weighted by Crippen LogP contribution is -1.97. The molecule has 0 aliphatic heterocycles. The highest BCUT2D eigenvalue weighted by Gasteiger charge is 2.16. The van der Waals surface area contributed by atoms with Crippen molar-refractivity contribution in [3.8, 4) is 5.75 Å². The van der Waals surface area contributed by atoms with Crippen molar-refractivity contribution in [1.29, 1.82) is 0 Å². The van der Waals surface area contributed by atoms with Gasteiger partial charge >= 0.3 is 0 Å². The van der Waals surface area contributed by atoms with Crippen LogP contribution in [-0.2, 0) is 6.61 Å². The molecule has 2 N–H and O–H groups in total. The van der Waals surface area contributed by atoms with Gasteiger partial charge in [-0.05, 0) is 6.92 Å². The van der Waals surface area contributed by atoms with Gasteiger partial charge in [0.1, 0.15) is 11.4 Å². The average molecular weight is 189 g/mol. The van der Waals surface area contributed by atoms with Gasteiger partial charge in [-0.1, -0.05) is 0 Å². The maximum absolute atomic E-state index is 12.2. The van der Waals surface area contributed by atoms with Crippen LogP contribution in [0.5, 0.6) is 5.75 Å². The Labute approximate surface area is 73.7 Å². The van der Waals surface area contributed by atoms with Gasteiger partial charge in [-0.3, -0.25) is 4.98 Å². The highest BCUT2D eigenvalue weighted by Crippen LogP contribution is 2.29. The first-order chi connectivity index (χ1) is 6.07. The predicted octanol–water partition coefficient (Wildman–Crippen LogP) is 1.53. The fraction of sp³-hybridized carbons (Fsp3) is 0.375. The van der Waals surface area contributed by atoms with E-state index in [1.165, 1.54) is 6.92 Å². The summed E-state index contributed by atoms with van der Waals surface area (Å²) >= 11 is 0. The summed E-state index contributed by atoms with van der Waals surface area (Å²) in [6.07, 6.45) is -1.70. The molecule has 0 unspecified atom stereocenters. The van der Waals surface area contributed by atoms with E-state index in [1.807, 2.05) is 0 Å². The van der Waals surface area contributed by atoms with Gasteiger partial charge in [0, 0.05) is 17.3 Å². The maximum atomic E-state index is 12.2. The number of hydrogen-bond donors (Lipinski definition) is 2. The lowest BCUT2D eigenvalue weighted by Gasteiger charge is -2.08. The number of alkyl halides is 2. The molecule has 5 heteroatoms. The summed E-state index contributed by atoms with van der Waals surface area (Å²) in [5.74, 6) is -0.361. The zero-order chi connectivity index (χ0) is 10.0. The van der Waals surface area contributed by atoms with Crippen LogP contribution < -0.4 is 0 Å². The standard InChI is InChI=1S/C8H9F2NO2/c1-4-5(8(9)10)2-11-6(3-12)7(4)13/h2,8,12-13H,3H2,1H3. The molecule has 1 rings (SSSR count). The van der Waals surface area contributed by atoms with Crippen molar-refractivity contribution in [3.05, 3.63) is 23.0 Å². The van der Waals surface area contributed by atoms with Crippen molar-refractivity contribution in [2.75, 3.05) is 0 Å². The molecular formula is C8H9F2NO2. The number of aliphatic hydroxyl groups is 1. The van der Waals surface area contributed by atoms with E-state index < -0.39 is 13.0 Å². The lowest BCUT2D eigenvalue weighted by molar-refractivity contribution is 0.149. The molecule has 0 spiro atoms. The Kier molecular flexibility index (Phi) is 2.77. The first-order valence-corrected chi connectivity index (χ1v) is 3.64. The number of halogens is 2. The lowest BCUT2D eigenvalue weighted by atomic mass is 10.1. The highest BCUT2D eigenvalue weighted by molar-refractivity contribution is 5.40. The molecule has 72 valence electrons. The van der Waals surface area contributed by atoms with Crippen LogP contribution in [0.25, 0.3) is 0 Å². The van der Waals surface area contributed by atoms with Crippen LogP contribution in [0.2, 0.25) is 0 Å². The van der Waals surface area contributed by atoms with Crippen LogP contribution in [0.15, 0.2) is 6.20 Å². The summed E-state index contributed by atoms with van der Waals surface area (Å²) in [7, 11) is 0. The Bertz CT molecular complexity index is 315. The molecule has 1 heterocycles. The van der Waals surface area contributed by atoms with Crippen LogP contribution in [0.1, 0.15) is 23.2 Å². The Hall–Kier alpha value is -1.23. The zero-order valence-electron chi connectivity index (χ0n) is 6.96. The van der Waals surface area contributed by atoms with Crippen LogP contribution in [0, 0.1) is 6.92 Å². The number of aromatic hydroxyl groups is 1. The molecular weight excluding hydrogens is 180 g/mol. The van der Waals surface area contributed by atoms with Crippen LogP contribution in [0.3, 0.4) is 0 Å². The number of nitrogens with zero attached hydrogens (tertiary/aromatic N) is 1. The normalized spacial score (nSPS) is 10.8. The number of hydrogen-bond acceptors (Lipinski definition) is 3. The van der Waals surface area contributed by atoms with Gasteiger partial charge < -0.3 is 10.2 Å². The van der Waals surface area contributed by atoms with Gasteiger partial charge in [-0.25, -0.2) is 8.78 Å². The molecule has 1 aromatic rings. The van der Waals surface area contributed by atoms with Gasteiger partial charge in [0.2, 0.25) is 0 Å². The van der Waals surface area contributed by atoms with Crippen LogP contribution in [0.4, 0.5) is 8.78 Å². The van der Waals surface area contributed by atoms with Crippen molar-refractivity contribution in [3.63, 3.8) is 0 Å². The molecule has 0 radical (unpaired) electrons. The second kappa shape index (κ2) is 3.66. The second-order valence-corrected chi connectivity index (χ2v) is 2.59. The van der Waals surface area contributed by atoms with E-state index in [9.17, 15) is 13.9 Å². The molecule has 3 nitrogen and oxygen atoms in total. The zero-order valence-corrected chi connectivity index (χ0v) is 6.96. The van der Waals surface area contributed by atoms with Gasteiger partial charge in [0.25, 0.3) is 6.43 Å². The minimum Gasteiger partial charge on any atom is -0.506 e. The number of aromatic nitrogens is 1. The SMILES string of the molecule is Cc1c(C(F)F)cnc(CO)c1O. The van der Waals surface area contributed by atoms with Crippen molar-refractivity contribution in [1.82, 2.24) is 4.98 Å². The Balaban J connectivity index is 3.23. The van der Waals surface area contributed by atoms with E-state index in [4.69, 9.17) is 5.11 Å². The smallest absolute Gasteiger partial charge is 0.265 e. The molecule has 0 aliphatic rings. The molecule has 0 bridgehead atoms. The van der Waals surface area contributed by atoms with Crippen molar-refractivity contribution in [2.45, 2.75) is 20.0 Å². The van der Waals surface area contributed by atoms with Crippen molar-refractivity contribution >= 4 is 0 Å². The Morgan fingerprint density at radius 3 is 2.62 bits per heavy atom. The van der Waals surface area contributed by atoms with E-state index >= 15 is 0 Å². The second-order valence-electron chi connectivity index (χ2n) is 2.59. The van der Waals surface area contributed by atoms with E-state index in [0.29, 0.717) is 0 Å². The molecule has 0 amide bonds. The number of aliphatic hydroxyl groups excluding tert-OH is 1. The molecule has 13 heavy (non-hydrogen) atoms. The average Bonchev–Trinajstić information content (AvgIpc) is 2.09. The summed E-state index contributed by atoms with van der Waals surface area (Å²) in [5, 5.41) is 17.9. The van der Waals surface area contributed by atoms with E-state index in [1.54, 1.807) is 0 Å². The van der Waals surface area contributed by atoms with Crippen molar-refractivity contribution < 1.29 is 19.0 Å². The summed E-state index contributed by atoms with van der Waals surface area (Å²) in [6, 6.07) is 0. The van der Waals surface area contributed by atoms with Gasteiger partial charge in [0.15, 0.2) is 0 Å². The van der Waals surface area contributed by atoms with E-state index in [2.05, 4.69) is 4.98 Å². The molecule has 0 saturated heterocycles. The van der Waals surface area contributed by atoms with Crippen molar-refractivity contribution in [2.24, 2.45) is 0 Å². The summed E-state index contributed by atoms with van der Waals surface area (Å²) in [5.41, 5.74) is -0.231. The number of rotatable bonds is 2. The molecule has 0 saturated carbocycles. The largest absolute Gasteiger partial charge is 0.506 e. The monoisotopic (exact) mass is 189 g/mol. The first-order valence-electron chi connectivity index (χ1n) is 3.64. The summed E-state index contributed by atoms with van der Waals surface area (Å²) in [6.45, 7) is 0.897. The molecule has 1 aromatic heterocycles. The fourth-order valence-electron chi connectivity index (χ4n) is 0.994. The minimum absolute atomic E-state index is 0.0156. The van der Waals surface area contributed by atoms with Crippen LogP contribution in [-0.4, -0.2) is 15.2 Å². The fourth-order valence-corrected chi connectivity index (χ4v) is 0.994. The van der Waals surface area contributed by atoms with Gasteiger partial charge in [0.05, 0.1) is 6.61 Å². The number of pyridine rings is 1. The Morgan fingerprint density at radius 1 is 1.54 bits per heavy atom. The van der Waals surface area contributed by atoms with E-state index in [-0.39, 0.29) is 22.6 Å².